The first-order chi connectivity index (χ1) is 9.42. The molecule has 0 heterocycles. The van der Waals surface area contributed by atoms with Crippen molar-refractivity contribution in [3.05, 3.63) is 60.2 Å². The van der Waals surface area contributed by atoms with Crippen LogP contribution in [0.1, 0.15) is 37.7 Å². The molecule has 1 aliphatic rings. The lowest BCUT2D eigenvalue weighted by atomic mass is 9.84. The molecule has 0 heteroatoms. The topological polar surface area (TPSA) is 0 Å². The van der Waals surface area contributed by atoms with Gasteiger partial charge in [-0.2, -0.15) is 0 Å². The highest BCUT2D eigenvalue weighted by Gasteiger charge is 2.13. The van der Waals surface area contributed by atoms with Crippen LogP contribution in [0.25, 0.3) is 11.1 Å². The van der Waals surface area contributed by atoms with Crippen molar-refractivity contribution < 1.29 is 0 Å². The van der Waals surface area contributed by atoms with Crippen molar-refractivity contribution in [1.82, 2.24) is 0 Å². The molecule has 3 rings (SSSR count). The summed E-state index contributed by atoms with van der Waals surface area (Å²) in [5.74, 6) is 0.927. The fraction of sp³-hybridized carbons (Fsp3) is 0.368. The van der Waals surface area contributed by atoms with Gasteiger partial charge in [-0.05, 0) is 29.0 Å². The largest absolute Gasteiger partial charge is 0.0622 e. The third-order valence-electron chi connectivity index (χ3n) is 4.31. The molecule has 0 N–H and O–H groups in total. The Morgan fingerprint density at radius 2 is 1.32 bits per heavy atom. The number of benzene rings is 2. The third kappa shape index (κ3) is 3.26. The smallest absolute Gasteiger partial charge is 0.0184 e. The van der Waals surface area contributed by atoms with Crippen LogP contribution in [-0.2, 0) is 6.42 Å². The molecule has 0 aliphatic heterocycles. The van der Waals surface area contributed by atoms with Gasteiger partial charge in [0.2, 0.25) is 0 Å². The molecule has 1 saturated carbocycles. The quantitative estimate of drug-likeness (QED) is 0.677. The van der Waals surface area contributed by atoms with Crippen LogP contribution in [0.3, 0.4) is 0 Å². The van der Waals surface area contributed by atoms with Gasteiger partial charge in [0.05, 0.1) is 0 Å². The van der Waals surface area contributed by atoms with Gasteiger partial charge in [-0.1, -0.05) is 86.7 Å². The molecule has 0 spiro atoms. The predicted octanol–water partition coefficient (Wildman–Crippen LogP) is 5.48. The summed E-state index contributed by atoms with van der Waals surface area (Å²) >= 11 is 0. The Labute approximate surface area is 116 Å². The molecule has 0 amide bonds. The predicted molar refractivity (Wildman–Crippen MR) is 82.2 cm³/mol. The molecule has 1 fully saturated rings. The van der Waals surface area contributed by atoms with Crippen LogP contribution in [0, 0.1) is 5.92 Å². The number of hydrogen-bond donors (Lipinski definition) is 0. The average Bonchev–Trinajstić information content (AvgIpc) is 2.50. The Bertz CT molecular complexity index is 489. The molecule has 1 aliphatic carbocycles. The standard InChI is InChI=1S/C19H22/c1-3-7-16(8-4-1)15-17-11-13-19(14-12-17)18-9-5-2-6-10-18/h2,5-6,9-14,16H,1,3-4,7-8,15H2. The molecule has 0 aromatic heterocycles. The third-order valence-corrected chi connectivity index (χ3v) is 4.31. The van der Waals surface area contributed by atoms with Crippen LogP contribution in [0.15, 0.2) is 54.6 Å². The van der Waals surface area contributed by atoms with Gasteiger partial charge < -0.3 is 0 Å². The van der Waals surface area contributed by atoms with Gasteiger partial charge in [0, 0.05) is 0 Å². The molecule has 0 saturated heterocycles. The van der Waals surface area contributed by atoms with E-state index in [1.165, 1.54) is 55.2 Å². The van der Waals surface area contributed by atoms with E-state index >= 15 is 0 Å². The highest BCUT2D eigenvalue weighted by molar-refractivity contribution is 5.63. The normalized spacial score (nSPS) is 16.4. The van der Waals surface area contributed by atoms with E-state index in [4.69, 9.17) is 0 Å². The van der Waals surface area contributed by atoms with Crippen LogP contribution in [0.5, 0.6) is 0 Å². The van der Waals surface area contributed by atoms with Crippen molar-refractivity contribution in [2.75, 3.05) is 0 Å². The Morgan fingerprint density at radius 1 is 0.684 bits per heavy atom. The summed E-state index contributed by atoms with van der Waals surface area (Å²) in [4.78, 5) is 0. The minimum Gasteiger partial charge on any atom is -0.0622 e. The number of rotatable bonds is 3. The fourth-order valence-electron chi connectivity index (χ4n) is 3.19. The zero-order valence-electron chi connectivity index (χ0n) is 11.5. The van der Waals surface area contributed by atoms with Crippen molar-refractivity contribution >= 4 is 0 Å². The zero-order chi connectivity index (χ0) is 12.9. The lowest BCUT2D eigenvalue weighted by molar-refractivity contribution is 0.356. The first kappa shape index (κ1) is 12.5. The lowest BCUT2D eigenvalue weighted by Gasteiger charge is -2.21. The summed E-state index contributed by atoms with van der Waals surface area (Å²) in [5, 5.41) is 0. The molecule has 0 nitrogen and oxygen atoms in total. The molecule has 0 bridgehead atoms. The number of hydrogen-bond acceptors (Lipinski definition) is 0. The van der Waals surface area contributed by atoms with Gasteiger partial charge in [-0.3, -0.25) is 0 Å². The van der Waals surface area contributed by atoms with E-state index in [0.29, 0.717) is 0 Å². The second-order valence-electron chi connectivity index (χ2n) is 5.77. The first-order valence-corrected chi connectivity index (χ1v) is 7.56. The van der Waals surface area contributed by atoms with Gasteiger partial charge in [0.25, 0.3) is 0 Å². The summed E-state index contributed by atoms with van der Waals surface area (Å²) in [7, 11) is 0. The maximum absolute atomic E-state index is 2.32. The summed E-state index contributed by atoms with van der Waals surface area (Å²) in [6, 6.07) is 19.8. The van der Waals surface area contributed by atoms with Crippen LogP contribution < -0.4 is 0 Å². The van der Waals surface area contributed by atoms with Crippen LogP contribution in [-0.4, -0.2) is 0 Å². The Hall–Kier alpha value is -1.56. The summed E-state index contributed by atoms with van der Waals surface area (Å²) in [6.07, 6.45) is 8.46. The summed E-state index contributed by atoms with van der Waals surface area (Å²) < 4.78 is 0. The molecule has 0 atom stereocenters. The van der Waals surface area contributed by atoms with Gasteiger partial charge in [0.15, 0.2) is 0 Å². The molecule has 98 valence electrons. The highest BCUT2D eigenvalue weighted by Crippen LogP contribution is 2.27. The minimum absolute atomic E-state index is 0.927. The van der Waals surface area contributed by atoms with Gasteiger partial charge >= 0.3 is 0 Å². The Balaban J connectivity index is 1.68. The lowest BCUT2D eigenvalue weighted by Crippen LogP contribution is -2.09. The monoisotopic (exact) mass is 250 g/mol. The maximum atomic E-state index is 2.32. The van der Waals surface area contributed by atoms with Crippen molar-refractivity contribution in [1.29, 1.82) is 0 Å². The van der Waals surface area contributed by atoms with E-state index in [1.54, 1.807) is 0 Å². The van der Waals surface area contributed by atoms with Crippen molar-refractivity contribution in [3.8, 4) is 11.1 Å². The first-order valence-electron chi connectivity index (χ1n) is 7.56. The van der Waals surface area contributed by atoms with E-state index in [0.717, 1.165) is 5.92 Å². The second kappa shape index (κ2) is 6.06. The van der Waals surface area contributed by atoms with Crippen molar-refractivity contribution in [3.63, 3.8) is 0 Å². The molecule has 19 heavy (non-hydrogen) atoms. The fourth-order valence-corrected chi connectivity index (χ4v) is 3.19. The molecule has 0 unspecified atom stereocenters. The zero-order valence-corrected chi connectivity index (χ0v) is 11.5. The van der Waals surface area contributed by atoms with Gasteiger partial charge in [0.1, 0.15) is 0 Å². The Morgan fingerprint density at radius 3 is 2.00 bits per heavy atom. The average molecular weight is 250 g/mol. The molecule has 2 aromatic rings. The summed E-state index contributed by atoms with van der Waals surface area (Å²) in [5.41, 5.74) is 4.14. The van der Waals surface area contributed by atoms with Gasteiger partial charge in [-0.25, -0.2) is 0 Å². The van der Waals surface area contributed by atoms with E-state index in [-0.39, 0.29) is 0 Å². The van der Waals surface area contributed by atoms with Gasteiger partial charge in [-0.15, -0.1) is 0 Å². The Kier molecular flexibility index (Phi) is 3.98. The van der Waals surface area contributed by atoms with Crippen LogP contribution in [0.2, 0.25) is 0 Å². The SMILES string of the molecule is c1ccc(-c2ccc(CC3CCCCC3)cc2)cc1. The summed E-state index contributed by atoms with van der Waals surface area (Å²) in [6.45, 7) is 0. The minimum atomic E-state index is 0.927. The van der Waals surface area contributed by atoms with Crippen molar-refractivity contribution in [2.24, 2.45) is 5.92 Å². The second-order valence-corrected chi connectivity index (χ2v) is 5.77. The van der Waals surface area contributed by atoms with Crippen LogP contribution in [0.4, 0.5) is 0 Å². The molecular formula is C19H22. The van der Waals surface area contributed by atoms with E-state index in [9.17, 15) is 0 Å². The van der Waals surface area contributed by atoms with E-state index < -0.39 is 0 Å². The maximum Gasteiger partial charge on any atom is -0.0184 e. The van der Waals surface area contributed by atoms with E-state index in [1.807, 2.05) is 0 Å². The molecule has 0 radical (unpaired) electrons. The molecule has 2 aromatic carbocycles. The highest BCUT2D eigenvalue weighted by atomic mass is 14.2. The molecular weight excluding hydrogens is 228 g/mol. The van der Waals surface area contributed by atoms with E-state index in [2.05, 4.69) is 54.6 Å². The van der Waals surface area contributed by atoms with Crippen LogP contribution >= 0.6 is 0 Å². The van der Waals surface area contributed by atoms with Crippen molar-refractivity contribution in [2.45, 2.75) is 38.5 Å².